The van der Waals surface area contributed by atoms with Gasteiger partial charge in [-0.3, -0.25) is 14.4 Å². The first-order valence-corrected chi connectivity index (χ1v) is 11.6. The number of fused-ring (bicyclic) bond motifs is 1. The van der Waals surface area contributed by atoms with Crippen LogP contribution in [0.25, 0.3) is 0 Å². The van der Waals surface area contributed by atoms with E-state index in [0.717, 1.165) is 0 Å². The van der Waals surface area contributed by atoms with Gasteiger partial charge < -0.3 is 14.4 Å². The smallest absolute Gasteiger partial charge is 0.262 e. The molecule has 2 aliphatic rings. The topological polar surface area (TPSA) is 88.2 Å². The molecule has 0 atom stereocenters. The molecule has 1 saturated heterocycles. The summed E-state index contributed by atoms with van der Waals surface area (Å²) in [4.78, 5) is 15.9. The third kappa shape index (κ3) is 5.10. The van der Waals surface area contributed by atoms with Crippen LogP contribution in [0.1, 0.15) is 10.4 Å². The molecule has 2 aromatic carbocycles. The molecule has 1 N–H and O–H groups in total. The highest BCUT2D eigenvalue weighted by atomic mass is 32.2. The number of anilines is 1. The van der Waals surface area contributed by atoms with Gasteiger partial charge in [0.15, 0.2) is 11.5 Å². The van der Waals surface area contributed by atoms with Gasteiger partial charge in [-0.15, -0.1) is 0 Å². The fourth-order valence-electron chi connectivity index (χ4n) is 3.60. The van der Waals surface area contributed by atoms with Crippen LogP contribution in [-0.4, -0.2) is 76.5 Å². The fourth-order valence-corrected chi connectivity index (χ4v) is 4.67. The number of piperazine rings is 1. The summed E-state index contributed by atoms with van der Waals surface area (Å²) >= 11 is 0. The van der Waals surface area contributed by atoms with Crippen molar-refractivity contribution in [3.63, 3.8) is 0 Å². The third-order valence-electron chi connectivity index (χ3n) is 5.26. The Morgan fingerprint density at radius 1 is 0.969 bits per heavy atom. The molecule has 1 fully saturated rings. The van der Waals surface area contributed by atoms with Crippen molar-refractivity contribution in [2.75, 3.05) is 50.7 Å². The van der Waals surface area contributed by atoms with Crippen molar-refractivity contribution in [3.05, 3.63) is 48.0 Å². The van der Waals surface area contributed by atoms with Crippen molar-refractivity contribution in [3.8, 4) is 11.5 Å². The van der Waals surface area contributed by atoms with Crippen LogP contribution in [0.15, 0.2) is 47.4 Å². The Labute approximate surface area is 184 Å². The number of ether oxygens (including phenoxy) is 2. The Morgan fingerprint density at radius 3 is 2.28 bits per heavy atom. The second kappa shape index (κ2) is 9.29. The average Bonchev–Trinajstić information content (AvgIpc) is 2.79. The summed E-state index contributed by atoms with van der Waals surface area (Å²) in [5.74, 6) is 0.643. The Morgan fingerprint density at radius 2 is 1.62 bits per heavy atom. The summed E-state index contributed by atoms with van der Waals surface area (Å²) in [6, 6.07) is 10.5. The molecule has 172 valence electrons. The molecule has 2 heterocycles. The SMILES string of the molecule is O=C(c1ccc(NS(=O)(=O)c2ccc3c(c2)OCCO3)cc1)N1CCN(CC(F)F)CC1. The largest absolute Gasteiger partial charge is 0.486 e. The summed E-state index contributed by atoms with van der Waals surface area (Å²) < 4.78 is 63.8. The maximum Gasteiger partial charge on any atom is 0.262 e. The molecule has 1 amide bonds. The molecule has 0 aromatic heterocycles. The van der Waals surface area contributed by atoms with E-state index < -0.39 is 16.4 Å². The molecule has 0 aliphatic carbocycles. The number of hydrogen-bond acceptors (Lipinski definition) is 6. The number of alkyl halides is 2. The maximum absolute atomic E-state index is 12.7. The van der Waals surface area contributed by atoms with E-state index in [-0.39, 0.29) is 17.3 Å². The number of sulfonamides is 1. The minimum absolute atomic E-state index is 0.0311. The zero-order chi connectivity index (χ0) is 22.7. The lowest BCUT2D eigenvalue weighted by Gasteiger charge is -2.34. The maximum atomic E-state index is 12.7. The first-order valence-electron chi connectivity index (χ1n) is 10.1. The summed E-state index contributed by atoms with van der Waals surface area (Å²) in [5, 5.41) is 0. The van der Waals surface area contributed by atoms with E-state index in [2.05, 4.69) is 4.72 Å². The van der Waals surface area contributed by atoms with Gasteiger partial charge in [-0.25, -0.2) is 17.2 Å². The first-order chi connectivity index (χ1) is 15.3. The van der Waals surface area contributed by atoms with Gasteiger partial charge in [0.25, 0.3) is 22.4 Å². The fraction of sp³-hybridized carbons (Fsp3) is 0.381. The summed E-state index contributed by atoms with van der Waals surface area (Å²) in [7, 11) is -3.86. The van der Waals surface area contributed by atoms with Gasteiger partial charge in [-0.2, -0.15) is 0 Å². The lowest BCUT2D eigenvalue weighted by Crippen LogP contribution is -2.49. The lowest BCUT2D eigenvalue weighted by atomic mass is 10.1. The monoisotopic (exact) mass is 467 g/mol. The molecule has 0 unspecified atom stereocenters. The van der Waals surface area contributed by atoms with Crippen LogP contribution in [0, 0.1) is 0 Å². The average molecular weight is 467 g/mol. The molecular weight excluding hydrogens is 444 g/mol. The van der Waals surface area contributed by atoms with E-state index in [1.807, 2.05) is 0 Å². The molecule has 0 radical (unpaired) electrons. The molecular formula is C21H23F2N3O5S. The minimum Gasteiger partial charge on any atom is -0.486 e. The molecule has 8 nitrogen and oxygen atoms in total. The number of carbonyl (C=O) groups excluding carboxylic acids is 1. The van der Waals surface area contributed by atoms with Gasteiger partial charge in [-0.1, -0.05) is 0 Å². The Bertz CT molecular complexity index is 1070. The number of hydrogen-bond donors (Lipinski definition) is 1. The van der Waals surface area contributed by atoms with E-state index in [1.54, 1.807) is 15.9 Å². The molecule has 0 spiro atoms. The third-order valence-corrected chi connectivity index (χ3v) is 6.64. The Kier molecular flexibility index (Phi) is 6.47. The van der Waals surface area contributed by atoms with Crippen molar-refractivity contribution in [2.45, 2.75) is 11.3 Å². The number of halogens is 2. The number of amides is 1. The van der Waals surface area contributed by atoms with E-state index in [1.165, 1.54) is 36.4 Å². The second-order valence-corrected chi connectivity index (χ2v) is 9.15. The van der Waals surface area contributed by atoms with Gasteiger partial charge in [0.1, 0.15) is 13.2 Å². The number of nitrogens with one attached hydrogen (secondary N) is 1. The van der Waals surface area contributed by atoms with Crippen LogP contribution in [-0.2, 0) is 10.0 Å². The molecule has 32 heavy (non-hydrogen) atoms. The predicted molar refractivity (Wildman–Crippen MR) is 113 cm³/mol. The Balaban J connectivity index is 1.39. The summed E-state index contributed by atoms with van der Waals surface area (Å²) in [6.45, 7) is 1.98. The molecule has 2 aromatic rings. The quantitative estimate of drug-likeness (QED) is 0.702. The minimum atomic E-state index is -3.86. The molecule has 11 heteroatoms. The highest BCUT2D eigenvalue weighted by molar-refractivity contribution is 7.92. The zero-order valence-corrected chi connectivity index (χ0v) is 18.0. The second-order valence-electron chi connectivity index (χ2n) is 7.47. The van der Waals surface area contributed by atoms with Gasteiger partial charge in [0.05, 0.1) is 11.4 Å². The van der Waals surface area contributed by atoms with Crippen LogP contribution < -0.4 is 14.2 Å². The van der Waals surface area contributed by atoms with Gasteiger partial charge in [0, 0.05) is 43.5 Å². The zero-order valence-electron chi connectivity index (χ0n) is 17.2. The van der Waals surface area contributed by atoms with Crippen molar-refractivity contribution in [2.24, 2.45) is 0 Å². The van der Waals surface area contributed by atoms with Crippen molar-refractivity contribution >= 4 is 21.6 Å². The number of benzene rings is 2. The van der Waals surface area contributed by atoms with Crippen LogP contribution in [0.4, 0.5) is 14.5 Å². The van der Waals surface area contributed by atoms with Gasteiger partial charge >= 0.3 is 0 Å². The van der Waals surface area contributed by atoms with Crippen LogP contribution in [0.2, 0.25) is 0 Å². The summed E-state index contributed by atoms with van der Waals surface area (Å²) in [6.07, 6.45) is -2.39. The highest BCUT2D eigenvalue weighted by Crippen LogP contribution is 2.32. The molecule has 4 rings (SSSR count). The Hall–Kier alpha value is -2.92. The van der Waals surface area contributed by atoms with Gasteiger partial charge in [0.2, 0.25) is 0 Å². The first kappa shape index (κ1) is 22.3. The van der Waals surface area contributed by atoms with Crippen LogP contribution >= 0.6 is 0 Å². The predicted octanol–water partition coefficient (Wildman–Crippen LogP) is 2.28. The lowest BCUT2D eigenvalue weighted by molar-refractivity contribution is 0.0459. The van der Waals surface area contributed by atoms with E-state index in [4.69, 9.17) is 9.47 Å². The standard InChI is InChI=1S/C21H23F2N3O5S/c22-20(23)14-25-7-9-26(10-8-25)21(27)15-1-3-16(4-2-15)24-32(28,29)17-5-6-18-19(13-17)31-12-11-30-18/h1-6,13,20,24H,7-12,14H2. The van der Waals surface area contributed by atoms with E-state index >= 15 is 0 Å². The van der Waals surface area contributed by atoms with Crippen molar-refractivity contribution in [1.29, 1.82) is 0 Å². The number of carbonyl (C=O) groups is 1. The molecule has 0 bridgehead atoms. The van der Waals surface area contributed by atoms with Crippen LogP contribution in [0.5, 0.6) is 11.5 Å². The van der Waals surface area contributed by atoms with E-state index in [9.17, 15) is 22.0 Å². The molecule has 0 saturated carbocycles. The van der Waals surface area contributed by atoms with Crippen molar-refractivity contribution in [1.82, 2.24) is 9.80 Å². The molecule has 2 aliphatic heterocycles. The van der Waals surface area contributed by atoms with E-state index in [0.29, 0.717) is 62.1 Å². The van der Waals surface area contributed by atoms with Crippen LogP contribution in [0.3, 0.4) is 0 Å². The van der Waals surface area contributed by atoms with Crippen molar-refractivity contribution < 1.29 is 31.5 Å². The highest BCUT2D eigenvalue weighted by Gasteiger charge is 2.24. The number of rotatable bonds is 6. The summed E-state index contributed by atoms with van der Waals surface area (Å²) in [5.41, 5.74) is 0.702. The van der Waals surface area contributed by atoms with Gasteiger partial charge in [-0.05, 0) is 36.4 Å². The normalized spacial score (nSPS) is 16.8. The number of nitrogens with zero attached hydrogens (tertiary/aromatic N) is 2.